The van der Waals surface area contributed by atoms with Crippen molar-refractivity contribution in [3.63, 3.8) is 0 Å². The molecule has 1 aromatic carbocycles. The number of hydrogen-bond acceptors (Lipinski definition) is 4. The van der Waals surface area contributed by atoms with Crippen LogP contribution in [0.2, 0.25) is 0 Å². The van der Waals surface area contributed by atoms with Gasteiger partial charge in [-0.3, -0.25) is 0 Å². The Morgan fingerprint density at radius 3 is 2.75 bits per heavy atom. The quantitative estimate of drug-likeness (QED) is 0.864. The van der Waals surface area contributed by atoms with Crippen LogP contribution in [0.1, 0.15) is 42.0 Å². The summed E-state index contributed by atoms with van der Waals surface area (Å²) in [6, 6.07) is 5.57. The summed E-state index contributed by atoms with van der Waals surface area (Å²) in [5.74, 6) is 1.15. The number of aromatic nitrogens is 1. The van der Waals surface area contributed by atoms with Crippen LogP contribution < -0.4 is 5.32 Å². The van der Waals surface area contributed by atoms with Crippen molar-refractivity contribution < 1.29 is 9.63 Å². The van der Waals surface area contributed by atoms with E-state index in [9.17, 15) is 5.11 Å². The van der Waals surface area contributed by atoms with Crippen molar-refractivity contribution in [1.29, 1.82) is 0 Å². The molecule has 0 aliphatic carbocycles. The van der Waals surface area contributed by atoms with E-state index in [4.69, 9.17) is 4.52 Å². The molecule has 0 saturated heterocycles. The number of phenols is 1. The lowest BCUT2D eigenvalue weighted by Gasteiger charge is -2.19. The Bertz CT molecular complexity index is 576. The Labute approximate surface area is 127 Å². The van der Waals surface area contributed by atoms with Crippen LogP contribution in [-0.4, -0.2) is 10.3 Å². The number of hydrogen-bond donors (Lipinski definition) is 2. The smallest absolute Gasteiger partial charge is 0.138 e. The Morgan fingerprint density at radius 2 is 2.15 bits per heavy atom. The number of rotatable bonds is 5. The Balaban J connectivity index is 2.15. The SMILES string of the molecule is CC[C@H](NCc1c(C)noc1C)c1cc(Br)ccc1O. The van der Waals surface area contributed by atoms with Gasteiger partial charge in [0.1, 0.15) is 11.5 Å². The number of aromatic hydroxyl groups is 1. The molecule has 0 amide bonds. The highest BCUT2D eigenvalue weighted by atomic mass is 79.9. The molecular weight excluding hydrogens is 320 g/mol. The van der Waals surface area contributed by atoms with Crippen LogP contribution in [0.4, 0.5) is 0 Å². The molecule has 2 aromatic rings. The highest BCUT2D eigenvalue weighted by Crippen LogP contribution is 2.29. The first kappa shape index (κ1) is 15.1. The minimum atomic E-state index is 0.0844. The second kappa shape index (κ2) is 6.41. The lowest BCUT2D eigenvalue weighted by atomic mass is 10.0. The number of nitrogens with one attached hydrogen (secondary N) is 1. The minimum Gasteiger partial charge on any atom is -0.508 e. The fourth-order valence-corrected chi connectivity index (χ4v) is 2.64. The predicted molar refractivity (Wildman–Crippen MR) is 81.7 cm³/mol. The molecule has 0 aliphatic heterocycles. The van der Waals surface area contributed by atoms with Gasteiger partial charge in [-0.05, 0) is 38.5 Å². The Morgan fingerprint density at radius 1 is 1.40 bits per heavy atom. The standard InChI is InChI=1S/C15H19BrN2O2/c1-4-14(12-7-11(16)5-6-15(12)19)17-8-13-9(2)18-20-10(13)3/h5-7,14,17,19H,4,8H2,1-3H3/t14-/m0/s1. The molecule has 2 rings (SSSR count). The van der Waals surface area contributed by atoms with Gasteiger partial charge in [-0.2, -0.15) is 0 Å². The van der Waals surface area contributed by atoms with E-state index in [1.165, 1.54) is 0 Å². The van der Waals surface area contributed by atoms with E-state index in [2.05, 4.69) is 33.3 Å². The average Bonchev–Trinajstić information content (AvgIpc) is 2.74. The third-order valence-corrected chi connectivity index (χ3v) is 3.97. The van der Waals surface area contributed by atoms with E-state index in [0.717, 1.165) is 33.5 Å². The van der Waals surface area contributed by atoms with Crippen LogP contribution in [0.15, 0.2) is 27.2 Å². The van der Waals surface area contributed by atoms with Crippen molar-refractivity contribution in [2.75, 3.05) is 0 Å². The maximum atomic E-state index is 10.0. The molecule has 1 heterocycles. The van der Waals surface area contributed by atoms with Crippen molar-refractivity contribution >= 4 is 15.9 Å². The van der Waals surface area contributed by atoms with Gasteiger partial charge in [-0.15, -0.1) is 0 Å². The maximum Gasteiger partial charge on any atom is 0.138 e. The van der Waals surface area contributed by atoms with Crippen molar-refractivity contribution in [2.24, 2.45) is 0 Å². The molecule has 1 atom stereocenters. The summed E-state index contributed by atoms with van der Waals surface area (Å²) in [6.07, 6.45) is 0.882. The Kier molecular flexibility index (Phi) is 4.83. The van der Waals surface area contributed by atoms with Gasteiger partial charge in [0.15, 0.2) is 0 Å². The number of halogens is 1. The molecule has 2 N–H and O–H groups in total. The normalized spacial score (nSPS) is 12.6. The topological polar surface area (TPSA) is 58.3 Å². The predicted octanol–water partition coefficient (Wildman–Crippen LogP) is 4.00. The van der Waals surface area contributed by atoms with Crippen LogP contribution >= 0.6 is 15.9 Å². The summed E-state index contributed by atoms with van der Waals surface area (Å²) < 4.78 is 6.12. The molecule has 5 heteroatoms. The lowest BCUT2D eigenvalue weighted by Crippen LogP contribution is -2.21. The molecule has 0 bridgehead atoms. The number of benzene rings is 1. The van der Waals surface area contributed by atoms with E-state index in [0.29, 0.717) is 12.3 Å². The summed E-state index contributed by atoms with van der Waals surface area (Å²) in [7, 11) is 0. The third-order valence-electron chi connectivity index (χ3n) is 3.48. The van der Waals surface area contributed by atoms with Gasteiger partial charge in [0.2, 0.25) is 0 Å². The molecular formula is C15H19BrN2O2. The molecule has 4 nitrogen and oxygen atoms in total. The zero-order valence-corrected chi connectivity index (χ0v) is 13.5. The van der Waals surface area contributed by atoms with E-state index in [1.54, 1.807) is 6.07 Å². The molecule has 20 heavy (non-hydrogen) atoms. The van der Waals surface area contributed by atoms with Crippen LogP contribution in [-0.2, 0) is 6.54 Å². The summed E-state index contributed by atoms with van der Waals surface area (Å²) in [5.41, 5.74) is 2.88. The Hall–Kier alpha value is -1.33. The number of aryl methyl sites for hydroxylation is 2. The highest BCUT2D eigenvalue weighted by Gasteiger charge is 2.16. The van der Waals surface area contributed by atoms with Gasteiger partial charge in [0.05, 0.1) is 5.69 Å². The van der Waals surface area contributed by atoms with Gasteiger partial charge in [0.25, 0.3) is 0 Å². The zero-order chi connectivity index (χ0) is 14.7. The van der Waals surface area contributed by atoms with Crippen LogP contribution in [0.25, 0.3) is 0 Å². The summed E-state index contributed by atoms with van der Waals surface area (Å²) in [5, 5.41) is 17.4. The van der Waals surface area contributed by atoms with E-state index in [1.807, 2.05) is 26.0 Å². The van der Waals surface area contributed by atoms with Crippen LogP contribution in [0, 0.1) is 13.8 Å². The van der Waals surface area contributed by atoms with E-state index < -0.39 is 0 Å². The summed E-state index contributed by atoms with van der Waals surface area (Å²) in [4.78, 5) is 0. The first-order valence-electron chi connectivity index (χ1n) is 6.66. The average molecular weight is 339 g/mol. The van der Waals surface area contributed by atoms with Gasteiger partial charge in [-0.25, -0.2) is 0 Å². The highest BCUT2D eigenvalue weighted by molar-refractivity contribution is 9.10. The molecule has 0 aliphatic rings. The van der Waals surface area contributed by atoms with Crippen molar-refractivity contribution in [3.8, 4) is 5.75 Å². The van der Waals surface area contributed by atoms with Crippen molar-refractivity contribution in [3.05, 3.63) is 45.3 Å². The second-order valence-corrected chi connectivity index (χ2v) is 5.76. The molecule has 108 valence electrons. The van der Waals surface area contributed by atoms with Crippen LogP contribution in [0.5, 0.6) is 5.75 Å². The third kappa shape index (κ3) is 3.22. The van der Waals surface area contributed by atoms with Gasteiger partial charge < -0.3 is 14.9 Å². The molecule has 0 fully saturated rings. The fourth-order valence-electron chi connectivity index (χ4n) is 2.26. The fraction of sp³-hybridized carbons (Fsp3) is 0.400. The van der Waals surface area contributed by atoms with Gasteiger partial charge in [-0.1, -0.05) is 28.0 Å². The van der Waals surface area contributed by atoms with E-state index >= 15 is 0 Å². The van der Waals surface area contributed by atoms with Crippen molar-refractivity contribution in [2.45, 2.75) is 39.8 Å². The lowest BCUT2D eigenvalue weighted by molar-refractivity contribution is 0.391. The minimum absolute atomic E-state index is 0.0844. The van der Waals surface area contributed by atoms with Gasteiger partial charge >= 0.3 is 0 Å². The molecule has 1 aromatic heterocycles. The number of nitrogens with zero attached hydrogens (tertiary/aromatic N) is 1. The first-order valence-corrected chi connectivity index (χ1v) is 7.45. The van der Waals surface area contributed by atoms with Crippen molar-refractivity contribution in [1.82, 2.24) is 10.5 Å². The molecule has 0 radical (unpaired) electrons. The summed E-state index contributed by atoms with van der Waals surface area (Å²) >= 11 is 3.44. The first-order chi connectivity index (χ1) is 9.52. The zero-order valence-electron chi connectivity index (χ0n) is 11.9. The second-order valence-electron chi connectivity index (χ2n) is 4.85. The molecule has 0 saturated carbocycles. The van der Waals surface area contributed by atoms with Gasteiger partial charge in [0, 0.05) is 28.2 Å². The van der Waals surface area contributed by atoms with E-state index in [-0.39, 0.29) is 6.04 Å². The largest absolute Gasteiger partial charge is 0.508 e. The van der Waals surface area contributed by atoms with Crippen LogP contribution in [0.3, 0.4) is 0 Å². The molecule has 0 spiro atoms. The summed E-state index contributed by atoms with van der Waals surface area (Å²) in [6.45, 7) is 6.61. The number of phenolic OH excluding ortho intramolecular Hbond substituents is 1. The molecule has 0 unspecified atom stereocenters. The monoisotopic (exact) mass is 338 g/mol. The maximum absolute atomic E-state index is 10.0.